The number of carbonyl (C=O) groups is 6. The van der Waals surface area contributed by atoms with Crippen molar-refractivity contribution in [2.75, 3.05) is 32.8 Å². The molecule has 0 radical (unpaired) electrons. The van der Waals surface area contributed by atoms with Crippen LogP contribution in [0.5, 0.6) is 0 Å². The molecule has 0 bridgehead atoms. The van der Waals surface area contributed by atoms with Crippen molar-refractivity contribution in [2.45, 2.75) is 131 Å². The molecule has 0 fully saturated rings. The molecule has 1 rings (SSSR count). The number of nitrogens with zero attached hydrogens (tertiary/aromatic N) is 2. The molecule has 0 saturated heterocycles. The van der Waals surface area contributed by atoms with E-state index in [4.69, 9.17) is 9.47 Å². The number of Topliss-reactive ketones (excluding diaryl/α,β-unsaturated/α-hetero) is 1. The molecule has 3 N–H and O–H groups in total. The molecule has 0 aliphatic carbocycles. The molecule has 1 unspecified atom stereocenters. The first-order valence-electron chi connectivity index (χ1n) is 20.2. The summed E-state index contributed by atoms with van der Waals surface area (Å²) in [5, 5.41) is 16.2. The van der Waals surface area contributed by atoms with Crippen LogP contribution in [0.15, 0.2) is 47.6 Å². The summed E-state index contributed by atoms with van der Waals surface area (Å²) in [5.41, 5.74) is 1.59. The smallest absolute Gasteiger partial charge is 0.334 e. The van der Waals surface area contributed by atoms with E-state index >= 15 is 0 Å². The monoisotopic (exact) mass is 848 g/mol. The molecule has 0 aliphatic heterocycles. The van der Waals surface area contributed by atoms with E-state index in [1.165, 1.54) is 68.9 Å². The van der Waals surface area contributed by atoms with Gasteiger partial charge in [-0.1, -0.05) is 65.3 Å². The zero-order valence-electron chi connectivity index (χ0n) is 37.3. The average Bonchev–Trinajstić information content (AvgIpc) is 3.19. The topological polar surface area (TPSA) is 172 Å². The largest absolute Gasteiger partial charge is 0.449 e. The van der Waals surface area contributed by atoms with Gasteiger partial charge in [0.1, 0.15) is 17.9 Å². The van der Waals surface area contributed by atoms with E-state index in [1.54, 1.807) is 13.0 Å². The van der Waals surface area contributed by atoms with Crippen LogP contribution in [-0.2, 0) is 44.7 Å². The third kappa shape index (κ3) is 17.6. The van der Waals surface area contributed by atoms with Crippen LogP contribution >= 0.6 is 11.8 Å². The molecule has 15 heteroatoms. The highest BCUT2D eigenvalue weighted by atomic mass is 32.2. The summed E-state index contributed by atoms with van der Waals surface area (Å²) in [7, 11) is 2.80. The second-order valence-corrected chi connectivity index (χ2v) is 16.7. The number of benzene rings is 1. The normalized spacial score (nSPS) is 16.1. The average molecular weight is 849 g/mol. The molecule has 0 spiro atoms. The van der Waals surface area contributed by atoms with Crippen molar-refractivity contribution in [1.82, 2.24) is 20.4 Å². The Labute approximate surface area is 355 Å². The molecule has 0 aliphatic rings. The van der Waals surface area contributed by atoms with Gasteiger partial charge >= 0.3 is 5.97 Å². The first-order chi connectivity index (χ1) is 27.6. The fraction of sp³-hybridized carbons (Fsp3) is 0.636. The van der Waals surface area contributed by atoms with Gasteiger partial charge in [0.05, 0.1) is 30.7 Å². The van der Waals surface area contributed by atoms with Crippen molar-refractivity contribution in [3.05, 3.63) is 58.9 Å². The molecule has 13 nitrogen and oxygen atoms in total. The number of ketones is 1. The van der Waals surface area contributed by atoms with Crippen molar-refractivity contribution in [1.29, 1.82) is 0 Å². The summed E-state index contributed by atoms with van der Waals surface area (Å²) in [6.07, 6.45) is 4.10. The zero-order valence-corrected chi connectivity index (χ0v) is 38.1. The van der Waals surface area contributed by atoms with E-state index in [2.05, 4.69) is 10.6 Å². The Morgan fingerprint density at radius 1 is 0.949 bits per heavy atom. The third-order valence-corrected chi connectivity index (χ3v) is 10.9. The first kappa shape index (κ1) is 52.9. The number of carbonyl (C=O) groups excluding carboxylic acids is 6. The predicted octanol–water partition coefficient (Wildman–Crippen LogP) is 5.24. The Bertz CT molecular complexity index is 1620. The van der Waals surface area contributed by atoms with Gasteiger partial charge in [-0.2, -0.15) is 0 Å². The van der Waals surface area contributed by atoms with Gasteiger partial charge in [0.2, 0.25) is 17.7 Å². The number of ether oxygens (including phenoxy) is 2. The fourth-order valence-corrected chi connectivity index (χ4v) is 6.63. The third-order valence-electron chi connectivity index (χ3n) is 10.5. The maximum atomic E-state index is 14.0. The van der Waals surface area contributed by atoms with Crippen LogP contribution in [0.1, 0.15) is 94.1 Å². The molecule has 1 aromatic rings. The molecule has 4 amide bonds. The number of aliphatic hydroxyl groups is 1. The van der Waals surface area contributed by atoms with Gasteiger partial charge < -0.3 is 35.0 Å². The van der Waals surface area contributed by atoms with Gasteiger partial charge in [-0.05, 0) is 88.8 Å². The highest BCUT2D eigenvalue weighted by Gasteiger charge is 2.35. The van der Waals surface area contributed by atoms with Crippen LogP contribution in [0.2, 0.25) is 0 Å². The van der Waals surface area contributed by atoms with Crippen LogP contribution in [0.3, 0.4) is 0 Å². The quantitative estimate of drug-likeness (QED) is 0.0512. The lowest BCUT2D eigenvalue weighted by Gasteiger charge is -2.33. The number of halogens is 1. The molecule has 8 atom stereocenters. The number of esters is 1. The Balaban J connectivity index is 3.25. The summed E-state index contributed by atoms with van der Waals surface area (Å²) in [6, 6.07) is 2.37. The number of hydrogen-bond acceptors (Lipinski definition) is 10. The minimum absolute atomic E-state index is 0.0358. The van der Waals surface area contributed by atoms with Crippen LogP contribution in [-0.4, -0.2) is 120 Å². The lowest BCUT2D eigenvalue weighted by Crippen LogP contribution is -2.56. The number of amides is 4. The Morgan fingerprint density at radius 2 is 1.56 bits per heavy atom. The molecule has 0 aromatic heterocycles. The van der Waals surface area contributed by atoms with Gasteiger partial charge in [-0.3, -0.25) is 24.0 Å². The number of likely N-dealkylation sites (N-methyl/N-ethyl adjacent to an activating group) is 2. The van der Waals surface area contributed by atoms with E-state index in [0.29, 0.717) is 24.3 Å². The standard InChI is InChI=1S/C44H69FN4O9S/c1-14-27(5)39(32(10)50)47-38(51)24-48(11)43(55)35(23-33-17-19-34(45)20-18-33)49(12)42(54)31(9)46-41(53)37(22-26(3)4)58-44(56)29(7)16-21-36(57-25-59-13)30(8)40(52)28(6)15-2/h15-20,26-27,30-31,35-37,39-40,52H,14,21-25H2,1-13H3,(H,46,53)(H,47,51)/b28-15+,29-16+/t27?,30-,31-,35+,36-,37+,39-,40+/m0/s1. The Morgan fingerprint density at radius 3 is 2.08 bits per heavy atom. The minimum atomic E-state index is -1.25. The second kappa shape index (κ2) is 26.2. The number of rotatable bonds is 25. The van der Waals surface area contributed by atoms with Crippen molar-refractivity contribution in [3.8, 4) is 0 Å². The van der Waals surface area contributed by atoms with E-state index in [0.717, 1.165) is 10.5 Å². The van der Waals surface area contributed by atoms with Crippen LogP contribution in [0.25, 0.3) is 0 Å². The molecule has 0 saturated carbocycles. The summed E-state index contributed by atoms with van der Waals surface area (Å²) >= 11 is 1.49. The summed E-state index contributed by atoms with van der Waals surface area (Å²) in [4.78, 5) is 82.4. The maximum Gasteiger partial charge on any atom is 0.334 e. The van der Waals surface area contributed by atoms with Gasteiger partial charge in [0.25, 0.3) is 5.91 Å². The Hall–Kier alpha value is -4.08. The van der Waals surface area contributed by atoms with Crippen LogP contribution in [0.4, 0.5) is 4.39 Å². The van der Waals surface area contributed by atoms with Crippen molar-refractivity contribution in [2.24, 2.45) is 17.8 Å². The summed E-state index contributed by atoms with van der Waals surface area (Å²) in [6.45, 7) is 17.0. The minimum Gasteiger partial charge on any atom is -0.449 e. The molecule has 1 aromatic carbocycles. The first-order valence-corrected chi connectivity index (χ1v) is 21.6. The number of aliphatic hydroxyl groups excluding tert-OH is 1. The van der Waals surface area contributed by atoms with E-state index in [-0.39, 0.29) is 42.0 Å². The van der Waals surface area contributed by atoms with Gasteiger partial charge in [0, 0.05) is 32.0 Å². The molecule has 332 valence electrons. The summed E-state index contributed by atoms with van der Waals surface area (Å²) < 4.78 is 25.5. The molecule has 0 heterocycles. The van der Waals surface area contributed by atoms with Crippen LogP contribution < -0.4 is 10.6 Å². The van der Waals surface area contributed by atoms with Crippen LogP contribution in [0, 0.1) is 23.6 Å². The highest BCUT2D eigenvalue weighted by Crippen LogP contribution is 2.23. The zero-order chi connectivity index (χ0) is 45.1. The van der Waals surface area contributed by atoms with Gasteiger partial charge in [-0.25, -0.2) is 9.18 Å². The number of thioether (sulfide) groups is 1. The fourth-order valence-electron chi connectivity index (χ4n) is 6.32. The highest BCUT2D eigenvalue weighted by molar-refractivity contribution is 7.98. The number of hydrogen-bond donors (Lipinski definition) is 3. The predicted molar refractivity (Wildman–Crippen MR) is 230 cm³/mol. The van der Waals surface area contributed by atoms with Crippen molar-refractivity contribution in [3.63, 3.8) is 0 Å². The maximum absolute atomic E-state index is 14.0. The lowest BCUT2D eigenvalue weighted by atomic mass is 9.90. The van der Waals surface area contributed by atoms with E-state index in [1.807, 2.05) is 60.8 Å². The lowest BCUT2D eigenvalue weighted by molar-refractivity contribution is -0.154. The number of allylic oxidation sites excluding steroid dienone is 1. The molecule has 59 heavy (non-hydrogen) atoms. The molecular weight excluding hydrogens is 780 g/mol. The van der Waals surface area contributed by atoms with Gasteiger partial charge in [0.15, 0.2) is 11.9 Å². The number of nitrogens with one attached hydrogen (secondary N) is 2. The van der Waals surface area contributed by atoms with Crippen molar-refractivity contribution >= 4 is 47.1 Å². The SMILES string of the molecule is C/C=C(\C)[C@@H](O)[C@@H](C)[C@H](C/C=C(\C)C(=O)O[C@H](CC(C)C)C(=O)N[C@@H](C)C(=O)N(C)[C@H](Cc1ccc(F)cc1)C(=O)N(C)CC(=O)N[C@H](C(C)=O)C(C)CC)OCSC. The van der Waals surface area contributed by atoms with E-state index < -0.39 is 78.4 Å². The van der Waals surface area contributed by atoms with Crippen molar-refractivity contribution < 1.29 is 47.7 Å². The second-order valence-electron chi connectivity index (χ2n) is 15.9. The molecular formula is C44H69FN4O9S. The van der Waals surface area contributed by atoms with E-state index in [9.17, 15) is 38.3 Å². The Kier molecular flexibility index (Phi) is 23.5. The summed E-state index contributed by atoms with van der Waals surface area (Å²) in [5.74, 6) is -3.99. The van der Waals surface area contributed by atoms with Gasteiger partial charge in [-0.15, -0.1) is 11.8 Å².